The summed E-state index contributed by atoms with van der Waals surface area (Å²) in [5, 5.41) is 0. The van der Waals surface area contributed by atoms with Gasteiger partial charge in [0.05, 0.1) is 13.2 Å². The molecule has 0 radical (unpaired) electrons. The van der Waals surface area contributed by atoms with Crippen molar-refractivity contribution in [1.82, 2.24) is 0 Å². The molecule has 0 bridgehead atoms. The van der Waals surface area contributed by atoms with Gasteiger partial charge in [0, 0.05) is 0 Å². The van der Waals surface area contributed by atoms with Gasteiger partial charge in [-0.1, -0.05) is 11.6 Å². The molecule has 1 saturated heterocycles. The molecule has 0 aromatic heterocycles. The Morgan fingerprint density at radius 3 is 2.44 bits per heavy atom. The van der Waals surface area contributed by atoms with Crippen molar-refractivity contribution in [2.24, 2.45) is 0 Å². The second kappa shape index (κ2) is 2.36. The third-order valence-electron chi connectivity index (χ3n) is 0.906. The minimum atomic E-state index is -3.32. The lowest BCUT2D eigenvalue weighted by Gasteiger charge is -2.26. The van der Waals surface area contributed by atoms with Crippen LogP contribution in [-0.4, -0.2) is 24.9 Å². The molecule has 0 N–H and O–H groups in total. The van der Waals surface area contributed by atoms with Crippen molar-refractivity contribution in [3.63, 3.8) is 0 Å². The van der Waals surface area contributed by atoms with Crippen molar-refractivity contribution in [2.45, 2.75) is 11.7 Å². The van der Waals surface area contributed by atoms with Crippen LogP contribution >= 0.6 is 11.6 Å². The van der Waals surface area contributed by atoms with E-state index in [-0.39, 0.29) is 13.2 Å². The number of halogens is 3. The number of alkyl halides is 3. The van der Waals surface area contributed by atoms with Gasteiger partial charge in [-0.25, -0.2) is 0 Å². The van der Waals surface area contributed by atoms with Gasteiger partial charge in [-0.15, -0.1) is 0 Å². The Balaban J connectivity index is 2.49. The van der Waals surface area contributed by atoms with Crippen LogP contribution in [0.3, 0.4) is 0 Å². The van der Waals surface area contributed by atoms with E-state index in [1.807, 2.05) is 0 Å². The summed E-state index contributed by atoms with van der Waals surface area (Å²) in [5.74, 6) is 0. The molecule has 0 unspecified atom stereocenters. The van der Waals surface area contributed by atoms with Gasteiger partial charge in [-0.3, -0.25) is 0 Å². The number of ether oxygens (including phenoxy) is 2. The van der Waals surface area contributed by atoms with E-state index in [1.54, 1.807) is 0 Å². The normalized spacial score (nSPS) is 34.3. The molecule has 2 nitrogen and oxygen atoms in total. The maximum atomic E-state index is 12.1. The van der Waals surface area contributed by atoms with Crippen LogP contribution in [0.5, 0.6) is 0 Å². The van der Waals surface area contributed by atoms with Gasteiger partial charge in [0.2, 0.25) is 5.56 Å². The molecule has 0 spiro atoms. The second-order valence-corrected chi connectivity index (χ2v) is 1.99. The second-order valence-electron chi connectivity index (χ2n) is 1.60. The predicted octanol–water partition coefficient (Wildman–Crippen LogP) is 1.19. The molecule has 0 aromatic carbocycles. The van der Waals surface area contributed by atoms with Gasteiger partial charge in [0.25, 0.3) is 0 Å². The largest absolute Gasteiger partial charge is 0.395 e. The molecule has 1 aliphatic heterocycles. The highest BCUT2D eigenvalue weighted by molar-refractivity contribution is 6.20. The van der Waals surface area contributed by atoms with Crippen molar-refractivity contribution in [3.8, 4) is 0 Å². The van der Waals surface area contributed by atoms with E-state index in [0.29, 0.717) is 0 Å². The Hall–Kier alpha value is 0.0700. The lowest BCUT2D eigenvalue weighted by molar-refractivity contribution is -0.311. The highest BCUT2D eigenvalue weighted by Gasteiger charge is 2.43. The standard InChI is InChI=1S/C4H5ClF2O2/c5-3-4(6,7)9-2-1-8-3/h3H,1-2H2/t3-/m0/s1. The fraction of sp³-hybridized carbons (Fsp3) is 1.00. The molecule has 1 fully saturated rings. The third kappa shape index (κ3) is 1.50. The van der Waals surface area contributed by atoms with Crippen molar-refractivity contribution >= 4 is 11.6 Å². The van der Waals surface area contributed by atoms with Crippen molar-refractivity contribution in [1.29, 1.82) is 0 Å². The van der Waals surface area contributed by atoms with E-state index in [2.05, 4.69) is 9.47 Å². The average molecular weight is 159 g/mol. The fourth-order valence-electron chi connectivity index (χ4n) is 0.492. The van der Waals surface area contributed by atoms with E-state index in [4.69, 9.17) is 11.6 Å². The molecule has 5 heteroatoms. The van der Waals surface area contributed by atoms with Crippen LogP contribution in [0.2, 0.25) is 0 Å². The van der Waals surface area contributed by atoms with E-state index in [0.717, 1.165) is 0 Å². The first-order valence-corrected chi connectivity index (χ1v) is 2.84. The Morgan fingerprint density at radius 1 is 1.44 bits per heavy atom. The molecule has 1 aliphatic rings. The molecule has 1 rings (SSSR count). The van der Waals surface area contributed by atoms with Crippen molar-refractivity contribution in [2.75, 3.05) is 13.2 Å². The summed E-state index contributed by atoms with van der Waals surface area (Å²) < 4.78 is 32.6. The van der Waals surface area contributed by atoms with Gasteiger partial charge in [-0.2, -0.15) is 8.78 Å². The minimum Gasteiger partial charge on any atom is -0.352 e. The molecule has 0 aromatic rings. The number of hydrogen-bond acceptors (Lipinski definition) is 2. The first kappa shape index (κ1) is 7.18. The highest BCUT2D eigenvalue weighted by atomic mass is 35.5. The molecule has 0 aliphatic carbocycles. The Labute approximate surface area is 55.7 Å². The summed E-state index contributed by atoms with van der Waals surface area (Å²) in [6.45, 7) is 0.0278. The Kier molecular flexibility index (Phi) is 1.88. The fourth-order valence-corrected chi connectivity index (χ4v) is 0.644. The zero-order valence-corrected chi connectivity index (χ0v) is 5.20. The maximum Gasteiger partial charge on any atom is 0.395 e. The summed E-state index contributed by atoms with van der Waals surface area (Å²) in [5.41, 5.74) is -1.63. The van der Waals surface area contributed by atoms with Crippen LogP contribution in [0.15, 0.2) is 0 Å². The minimum absolute atomic E-state index is 0.101. The van der Waals surface area contributed by atoms with Crippen LogP contribution in [0.4, 0.5) is 8.78 Å². The topological polar surface area (TPSA) is 18.5 Å². The molecule has 0 amide bonds. The first-order valence-electron chi connectivity index (χ1n) is 2.40. The highest BCUT2D eigenvalue weighted by Crippen LogP contribution is 2.28. The van der Waals surface area contributed by atoms with Gasteiger partial charge in [0.15, 0.2) is 0 Å². The van der Waals surface area contributed by atoms with Crippen LogP contribution in [-0.2, 0) is 9.47 Å². The summed E-state index contributed by atoms with van der Waals surface area (Å²) in [4.78, 5) is 0. The van der Waals surface area contributed by atoms with Crippen LogP contribution in [0.25, 0.3) is 0 Å². The molecule has 54 valence electrons. The zero-order chi connectivity index (χ0) is 6.91. The van der Waals surface area contributed by atoms with Crippen LogP contribution < -0.4 is 0 Å². The average Bonchev–Trinajstić information content (AvgIpc) is 1.77. The summed E-state index contributed by atoms with van der Waals surface area (Å²) in [6.07, 6.45) is -3.32. The summed E-state index contributed by atoms with van der Waals surface area (Å²) in [6, 6.07) is 0. The molecule has 1 atom stereocenters. The maximum absolute atomic E-state index is 12.1. The third-order valence-corrected chi connectivity index (χ3v) is 1.29. The van der Waals surface area contributed by atoms with Crippen LogP contribution in [0, 0.1) is 0 Å². The molecular weight excluding hydrogens is 153 g/mol. The summed E-state index contributed by atoms with van der Waals surface area (Å²) in [7, 11) is 0. The first-order chi connectivity index (χ1) is 4.13. The lowest BCUT2D eigenvalue weighted by atomic mass is 10.6. The molecular formula is C4H5ClF2O2. The van der Waals surface area contributed by atoms with Crippen LogP contribution in [0.1, 0.15) is 0 Å². The van der Waals surface area contributed by atoms with E-state index in [9.17, 15) is 8.78 Å². The molecule has 9 heavy (non-hydrogen) atoms. The van der Waals surface area contributed by atoms with Gasteiger partial charge < -0.3 is 9.47 Å². The number of hydrogen-bond donors (Lipinski definition) is 0. The van der Waals surface area contributed by atoms with E-state index >= 15 is 0 Å². The van der Waals surface area contributed by atoms with E-state index < -0.39 is 11.7 Å². The van der Waals surface area contributed by atoms with Gasteiger partial charge >= 0.3 is 6.11 Å². The SMILES string of the molecule is FC1(F)OCCO[C@@H]1Cl. The van der Waals surface area contributed by atoms with Crippen molar-refractivity contribution < 1.29 is 18.3 Å². The van der Waals surface area contributed by atoms with E-state index in [1.165, 1.54) is 0 Å². The smallest absolute Gasteiger partial charge is 0.352 e. The van der Waals surface area contributed by atoms with Crippen molar-refractivity contribution in [3.05, 3.63) is 0 Å². The number of rotatable bonds is 0. The quantitative estimate of drug-likeness (QED) is 0.493. The monoisotopic (exact) mass is 158 g/mol. The van der Waals surface area contributed by atoms with Gasteiger partial charge in [-0.05, 0) is 0 Å². The summed E-state index contributed by atoms with van der Waals surface area (Å²) >= 11 is 5.01. The molecule has 0 saturated carbocycles. The zero-order valence-electron chi connectivity index (χ0n) is 4.44. The predicted molar refractivity (Wildman–Crippen MR) is 26.5 cm³/mol. The Bertz CT molecular complexity index is 109. The molecule has 1 heterocycles. The Morgan fingerprint density at radius 2 is 2.11 bits per heavy atom. The van der Waals surface area contributed by atoms with Gasteiger partial charge in [0.1, 0.15) is 0 Å². The lowest BCUT2D eigenvalue weighted by Crippen LogP contribution is -2.40.